The normalized spacial score (nSPS) is 15.7. The van der Waals surface area contributed by atoms with Crippen LogP contribution >= 0.6 is 12.2 Å². The number of carbonyl (C=O) groups is 2. The van der Waals surface area contributed by atoms with Gasteiger partial charge in [0.15, 0.2) is 5.11 Å². The van der Waals surface area contributed by atoms with Crippen LogP contribution < -0.4 is 14.8 Å². The molecule has 26 heavy (non-hydrogen) atoms. The molecule has 1 heterocycles. The van der Waals surface area contributed by atoms with E-state index in [2.05, 4.69) is 11.9 Å². The molecule has 0 spiro atoms. The Labute approximate surface area is 154 Å². The molecule has 0 aromatic heterocycles. The van der Waals surface area contributed by atoms with Crippen molar-refractivity contribution in [1.29, 1.82) is 0 Å². The average molecular weight is 377 g/mol. The number of hydrogen-bond acceptors (Lipinski definition) is 7. The predicted octanol–water partition coefficient (Wildman–Crippen LogP) is 1.42. The van der Waals surface area contributed by atoms with E-state index >= 15 is 0 Å². The van der Waals surface area contributed by atoms with E-state index in [1.165, 1.54) is 32.4 Å². The number of carbonyl (C=O) groups excluding carboxylic acids is 2. The quantitative estimate of drug-likeness (QED) is 0.199. The van der Waals surface area contributed by atoms with Crippen LogP contribution in [0.4, 0.5) is 5.69 Å². The molecule has 1 aromatic rings. The largest absolute Gasteiger partial charge is 0.496 e. The lowest BCUT2D eigenvalue weighted by Gasteiger charge is -2.27. The lowest BCUT2D eigenvalue weighted by atomic mass is 10.1. The molecule has 2 rings (SSSR count). The summed E-state index contributed by atoms with van der Waals surface area (Å²) in [5.41, 5.74) is -0.398. The first-order valence-electron chi connectivity index (χ1n) is 7.24. The Morgan fingerprint density at radius 3 is 2.50 bits per heavy atom. The summed E-state index contributed by atoms with van der Waals surface area (Å²) in [6.07, 6.45) is 2.67. The molecule has 0 unspecified atom stereocenters. The van der Waals surface area contributed by atoms with E-state index < -0.39 is 16.7 Å². The number of ether oxygens (including phenoxy) is 2. The molecule has 9 nitrogen and oxygen atoms in total. The smallest absolute Gasteiger partial charge is 0.311 e. The number of thiocarbonyl (C=S) groups is 1. The number of hydrogen-bond donors (Lipinski definition) is 1. The van der Waals surface area contributed by atoms with Crippen LogP contribution in [-0.4, -0.2) is 47.5 Å². The van der Waals surface area contributed by atoms with Crippen molar-refractivity contribution in [2.24, 2.45) is 0 Å². The fourth-order valence-corrected chi connectivity index (χ4v) is 2.56. The Bertz CT molecular complexity index is 849. The maximum atomic E-state index is 12.5. The van der Waals surface area contributed by atoms with Crippen molar-refractivity contribution >= 4 is 40.9 Å². The first-order valence-corrected chi connectivity index (χ1v) is 7.65. The molecule has 1 aliphatic heterocycles. The molecule has 10 heteroatoms. The zero-order valence-electron chi connectivity index (χ0n) is 14.0. The van der Waals surface area contributed by atoms with Crippen LogP contribution in [0.1, 0.15) is 5.56 Å². The van der Waals surface area contributed by atoms with Crippen molar-refractivity contribution in [3.05, 3.63) is 46.0 Å². The van der Waals surface area contributed by atoms with Crippen LogP contribution in [-0.2, 0) is 9.59 Å². The van der Waals surface area contributed by atoms with Gasteiger partial charge in [-0.25, -0.2) is 0 Å². The summed E-state index contributed by atoms with van der Waals surface area (Å²) in [7, 11) is 2.64. The van der Waals surface area contributed by atoms with Gasteiger partial charge >= 0.3 is 5.69 Å². The highest BCUT2D eigenvalue weighted by molar-refractivity contribution is 7.80. The third kappa shape index (κ3) is 3.54. The molecule has 1 fully saturated rings. The summed E-state index contributed by atoms with van der Waals surface area (Å²) in [5, 5.41) is 13.6. The molecule has 0 atom stereocenters. The molecular weight excluding hydrogens is 362 g/mol. The number of nitro benzene ring substituents is 1. The monoisotopic (exact) mass is 377 g/mol. The van der Waals surface area contributed by atoms with Gasteiger partial charge in [-0.1, -0.05) is 6.08 Å². The highest BCUT2D eigenvalue weighted by Crippen LogP contribution is 2.35. The summed E-state index contributed by atoms with van der Waals surface area (Å²) >= 11 is 4.97. The van der Waals surface area contributed by atoms with E-state index in [0.29, 0.717) is 0 Å². The van der Waals surface area contributed by atoms with Crippen molar-refractivity contribution in [3.8, 4) is 11.5 Å². The van der Waals surface area contributed by atoms with Crippen molar-refractivity contribution in [2.75, 3.05) is 20.8 Å². The summed E-state index contributed by atoms with van der Waals surface area (Å²) in [6.45, 7) is 3.64. The standard InChI is InChI=1S/C16H15N3O6S/c1-4-5-18-15(21)10(14(20)17-16(18)26)6-9-7-11(19(22)23)13(25-3)8-12(9)24-2/h4,6-8H,1,5H2,2-3H3,(H,17,20,26)/b10-6+. The summed E-state index contributed by atoms with van der Waals surface area (Å²) < 4.78 is 10.2. The Morgan fingerprint density at radius 2 is 1.96 bits per heavy atom. The number of nitrogens with one attached hydrogen (secondary N) is 1. The van der Waals surface area contributed by atoms with Gasteiger partial charge in [-0.2, -0.15) is 0 Å². The second-order valence-electron chi connectivity index (χ2n) is 5.04. The number of methoxy groups -OCH3 is 2. The second kappa shape index (κ2) is 7.74. The van der Waals surface area contributed by atoms with Gasteiger partial charge in [-0.15, -0.1) is 6.58 Å². The summed E-state index contributed by atoms with van der Waals surface area (Å²) in [6, 6.07) is 2.47. The molecule has 0 radical (unpaired) electrons. The van der Waals surface area contributed by atoms with Crippen LogP contribution in [0.3, 0.4) is 0 Å². The number of rotatable bonds is 6. The maximum absolute atomic E-state index is 12.5. The predicted molar refractivity (Wildman–Crippen MR) is 96.8 cm³/mol. The molecule has 1 aliphatic rings. The number of amides is 2. The van der Waals surface area contributed by atoms with Gasteiger partial charge in [0.05, 0.1) is 19.1 Å². The average Bonchev–Trinajstić information content (AvgIpc) is 2.61. The topological polar surface area (TPSA) is 111 Å². The van der Waals surface area contributed by atoms with Crippen LogP contribution in [0.2, 0.25) is 0 Å². The summed E-state index contributed by atoms with van der Waals surface area (Å²) in [4.78, 5) is 36.4. The third-order valence-electron chi connectivity index (χ3n) is 3.53. The number of benzene rings is 1. The molecular formula is C16H15N3O6S. The van der Waals surface area contributed by atoms with Gasteiger partial charge in [0.1, 0.15) is 11.3 Å². The Hall–Kier alpha value is -3.27. The van der Waals surface area contributed by atoms with E-state index in [4.69, 9.17) is 21.7 Å². The number of nitrogens with zero attached hydrogens (tertiary/aromatic N) is 2. The van der Waals surface area contributed by atoms with Crippen molar-refractivity contribution in [3.63, 3.8) is 0 Å². The van der Waals surface area contributed by atoms with Crippen LogP contribution in [0.15, 0.2) is 30.4 Å². The van der Waals surface area contributed by atoms with Crippen molar-refractivity contribution < 1.29 is 24.0 Å². The van der Waals surface area contributed by atoms with Gasteiger partial charge < -0.3 is 9.47 Å². The second-order valence-corrected chi connectivity index (χ2v) is 5.43. The highest BCUT2D eigenvalue weighted by Gasteiger charge is 2.33. The summed E-state index contributed by atoms with van der Waals surface area (Å²) in [5.74, 6) is -1.16. The highest BCUT2D eigenvalue weighted by atomic mass is 32.1. The first-order chi connectivity index (χ1) is 12.3. The minimum atomic E-state index is -0.708. The zero-order valence-corrected chi connectivity index (χ0v) is 14.8. The maximum Gasteiger partial charge on any atom is 0.311 e. The molecule has 0 aliphatic carbocycles. The Kier molecular flexibility index (Phi) is 5.68. The minimum Gasteiger partial charge on any atom is -0.496 e. The molecule has 1 aromatic carbocycles. The van der Waals surface area contributed by atoms with E-state index in [1.807, 2.05) is 0 Å². The molecule has 0 bridgehead atoms. The molecule has 1 saturated heterocycles. The minimum absolute atomic E-state index is 0.0112. The van der Waals surface area contributed by atoms with Gasteiger partial charge in [0.2, 0.25) is 5.75 Å². The molecule has 1 N–H and O–H groups in total. The molecule has 0 saturated carbocycles. The molecule has 2 amide bonds. The van der Waals surface area contributed by atoms with Crippen molar-refractivity contribution in [2.45, 2.75) is 0 Å². The van der Waals surface area contributed by atoms with E-state index in [9.17, 15) is 19.7 Å². The third-order valence-corrected chi connectivity index (χ3v) is 3.85. The van der Waals surface area contributed by atoms with E-state index in [0.717, 1.165) is 11.0 Å². The zero-order chi connectivity index (χ0) is 19.4. The Morgan fingerprint density at radius 1 is 1.31 bits per heavy atom. The van der Waals surface area contributed by atoms with E-state index in [1.54, 1.807) is 0 Å². The van der Waals surface area contributed by atoms with Gasteiger partial charge in [-0.05, 0) is 18.3 Å². The molecule has 136 valence electrons. The van der Waals surface area contributed by atoms with Gasteiger partial charge in [0.25, 0.3) is 11.8 Å². The lowest BCUT2D eigenvalue weighted by Crippen LogP contribution is -2.53. The van der Waals surface area contributed by atoms with E-state index in [-0.39, 0.29) is 40.0 Å². The number of nitro groups is 1. The fraction of sp³-hybridized carbons (Fsp3) is 0.188. The first kappa shape index (κ1) is 19.1. The van der Waals surface area contributed by atoms with Gasteiger partial charge in [0, 0.05) is 24.2 Å². The SMILES string of the molecule is C=CCN1C(=O)/C(=C/c2cc([N+](=O)[O-])c(OC)cc2OC)C(=O)NC1=S. The Balaban J connectivity index is 2.59. The lowest BCUT2D eigenvalue weighted by molar-refractivity contribution is -0.385. The van der Waals surface area contributed by atoms with Crippen LogP contribution in [0.5, 0.6) is 11.5 Å². The van der Waals surface area contributed by atoms with Gasteiger partial charge in [-0.3, -0.25) is 29.9 Å². The van der Waals surface area contributed by atoms with Crippen LogP contribution in [0.25, 0.3) is 6.08 Å². The van der Waals surface area contributed by atoms with Crippen LogP contribution in [0, 0.1) is 10.1 Å². The fourth-order valence-electron chi connectivity index (χ4n) is 2.31. The van der Waals surface area contributed by atoms with Crippen molar-refractivity contribution in [1.82, 2.24) is 10.2 Å².